The molecule has 0 saturated carbocycles. The third kappa shape index (κ3) is 4.03. The van der Waals surface area contributed by atoms with Crippen LogP contribution in [0.1, 0.15) is 24.8 Å². The van der Waals surface area contributed by atoms with Crippen LogP contribution in [0.4, 0.5) is 0 Å². The molecule has 1 saturated heterocycles. The lowest BCUT2D eigenvalue weighted by Gasteiger charge is -2.14. The van der Waals surface area contributed by atoms with Gasteiger partial charge < -0.3 is 19.7 Å². The first-order valence-electron chi connectivity index (χ1n) is 7.86. The summed E-state index contributed by atoms with van der Waals surface area (Å²) in [6.45, 7) is 2.36. The maximum Gasteiger partial charge on any atom is 0.244 e. The molecule has 122 valence electrons. The lowest BCUT2D eigenvalue weighted by atomic mass is 10.2. The number of nitrogens with zero attached hydrogens (tertiary/aromatic N) is 1. The second-order valence-electron chi connectivity index (χ2n) is 5.57. The molecule has 1 N–H and O–H groups in total. The van der Waals surface area contributed by atoms with Gasteiger partial charge in [0.25, 0.3) is 0 Å². The summed E-state index contributed by atoms with van der Waals surface area (Å²) in [6.07, 6.45) is 5.61. The van der Waals surface area contributed by atoms with Crippen LogP contribution in [-0.2, 0) is 9.59 Å². The van der Waals surface area contributed by atoms with Crippen molar-refractivity contribution in [2.45, 2.75) is 19.3 Å². The molecule has 0 aliphatic carbocycles. The number of amides is 2. The van der Waals surface area contributed by atoms with Crippen LogP contribution < -0.4 is 14.8 Å². The van der Waals surface area contributed by atoms with Gasteiger partial charge in [0, 0.05) is 32.1 Å². The molecule has 3 rings (SSSR count). The largest absolute Gasteiger partial charge is 0.454 e. The Hall–Kier alpha value is -2.50. The second-order valence-corrected chi connectivity index (χ2v) is 5.57. The van der Waals surface area contributed by atoms with Crippen molar-refractivity contribution in [1.82, 2.24) is 10.2 Å². The maximum absolute atomic E-state index is 11.8. The quantitative estimate of drug-likeness (QED) is 0.639. The van der Waals surface area contributed by atoms with Gasteiger partial charge in [-0.15, -0.1) is 0 Å². The van der Waals surface area contributed by atoms with Gasteiger partial charge >= 0.3 is 0 Å². The Bertz CT molecular complexity index is 627. The van der Waals surface area contributed by atoms with Crippen molar-refractivity contribution < 1.29 is 19.1 Å². The molecular weight excluding hydrogens is 296 g/mol. The Morgan fingerprint density at radius 2 is 2.17 bits per heavy atom. The summed E-state index contributed by atoms with van der Waals surface area (Å²) < 4.78 is 10.5. The summed E-state index contributed by atoms with van der Waals surface area (Å²) in [5.41, 5.74) is 0.882. The van der Waals surface area contributed by atoms with Gasteiger partial charge in [-0.1, -0.05) is 6.07 Å². The molecule has 0 atom stereocenters. The summed E-state index contributed by atoms with van der Waals surface area (Å²) in [5, 5.41) is 2.82. The van der Waals surface area contributed by atoms with Crippen molar-refractivity contribution in [3.8, 4) is 11.5 Å². The smallest absolute Gasteiger partial charge is 0.244 e. The van der Waals surface area contributed by atoms with Gasteiger partial charge in [-0.2, -0.15) is 0 Å². The minimum Gasteiger partial charge on any atom is -0.454 e. The highest BCUT2D eigenvalue weighted by Crippen LogP contribution is 2.32. The van der Waals surface area contributed by atoms with Gasteiger partial charge in [0.2, 0.25) is 18.6 Å². The van der Waals surface area contributed by atoms with E-state index in [1.165, 1.54) is 6.08 Å². The number of nitrogens with one attached hydrogen (secondary N) is 1. The second kappa shape index (κ2) is 7.17. The van der Waals surface area contributed by atoms with E-state index in [0.717, 1.165) is 30.7 Å². The molecule has 2 heterocycles. The van der Waals surface area contributed by atoms with Gasteiger partial charge in [-0.05, 0) is 36.6 Å². The fraction of sp³-hybridized carbons (Fsp3) is 0.412. The van der Waals surface area contributed by atoms with E-state index in [1.54, 1.807) is 6.08 Å². The van der Waals surface area contributed by atoms with E-state index >= 15 is 0 Å². The van der Waals surface area contributed by atoms with Crippen LogP contribution in [0, 0.1) is 0 Å². The Labute approximate surface area is 135 Å². The molecule has 23 heavy (non-hydrogen) atoms. The molecule has 2 amide bonds. The molecule has 0 aromatic heterocycles. The zero-order valence-electron chi connectivity index (χ0n) is 12.9. The summed E-state index contributed by atoms with van der Waals surface area (Å²) in [5.74, 6) is 1.50. The number of hydrogen-bond donors (Lipinski definition) is 1. The molecule has 0 bridgehead atoms. The lowest BCUT2D eigenvalue weighted by molar-refractivity contribution is -0.127. The predicted molar refractivity (Wildman–Crippen MR) is 85.0 cm³/mol. The van der Waals surface area contributed by atoms with Crippen LogP contribution >= 0.6 is 0 Å². The summed E-state index contributed by atoms with van der Waals surface area (Å²) in [6, 6.07) is 5.54. The van der Waals surface area contributed by atoms with Crippen LogP contribution in [-0.4, -0.2) is 43.1 Å². The van der Waals surface area contributed by atoms with Crippen molar-refractivity contribution in [2.24, 2.45) is 0 Å². The van der Waals surface area contributed by atoms with Crippen molar-refractivity contribution >= 4 is 17.9 Å². The summed E-state index contributed by atoms with van der Waals surface area (Å²) >= 11 is 0. The van der Waals surface area contributed by atoms with Crippen molar-refractivity contribution in [1.29, 1.82) is 0 Å². The first-order chi connectivity index (χ1) is 11.2. The van der Waals surface area contributed by atoms with Crippen molar-refractivity contribution in [3.63, 3.8) is 0 Å². The molecule has 0 radical (unpaired) electrons. The third-order valence-electron chi connectivity index (χ3n) is 3.90. The van der Waals surface area contributed by atoms with E-state index in [-0.39, 0.29) is 18.6 Å². The number of rotatable bonds is 6. The Balaban J connectivity index is 1.39. The van der Waals surface area contributed by atoms with Crippen LogP contribution in [0.25, 0.3) is 6.08 Å². The first-order valence-corrected chi connectivity index (χ1v) is 7.86. The highest BCUT2D eigenvalue weighted by atomic mass is 16.7. The van der Waals surface area contributed by atoms with E-state index in [0.29, 0.717) is 25.3 Å². The SMILES string of the molecule is O=C(/C=C/c1ccc2c(c1)OCO2)NCCCN1CCCC1=O. The number of carbonyl (C=O) groups excluding carboxylic acids is 2. The molecule has 1 aromatic carbocycles. The molecule has 6 heteroatoms. The minimum atomic E-state index is -0.143. The van der Waals surface area contributed by atoms with Gasteiger partial charge in [-0.3, -0.25) is 9.59 Å². The number of likely N-dealkylation sites (tertiary alicyclic amines) is 1. The van der Waals surface area contributed by atoms with Crippen molar-refractivity contribution in [2.75, 3.05) is 26.4 Å². The van der Waals surface area contributed by atoms with Crippen LogP contribution in [0.5, 0.6) is 11.5 Å². The normalized spacial score (nSPS) is 16.3. The summed E-state index contributed by atoms with van der Waals surface area (Å²) in [4.78, 5) is 25.1. The van der Waals surface area contributed by atoms with E-state index in [1.807, 2.05) is 23.1 Å². The number of carbonyl (C=O) groups is 2. The monoisotopic (exact) mass is 316 g/mol. The molecule has 1 aromatic rings. The first kappa shape index (κ1) is 15.4. The average molecular weight is 316 g/mol. The fourth-order valence-corrected chi connectivity index (χ4v) is 2.67. The topological polar surface area (TPSA) is 67.9 Å². The molecule has 2 aliphatic rings. The van der Waals surface area contributed by atoms with Crippen LogP contribution in [0.15, 0.2) is 24.3 Å². The third-order valence-corrected chi connectivity index (χ3v) is 3.90. The minimum absolute atomic E-state index is 0.143. The van der Waals surface area contributed by atoms with Crippen molar-refractivity contribution in [3.05, 3.63) is 29.8 Å². The van der Waals surface area contributed by atoms with Crippen LogP contribution in [0.3, 0.4) is 0 Å². The molecule has 0 unspecified atom stereocenters. The highest BCUT2D eigenvalue weighted by Gasteiger charge is 2.18. The maximum atomic E-state index is 11.8. The van der Waals surface area contributed by atoms with Crippen LogP contribution in [0.2, 0.25) is 0 Å². The van der Waals surface area contributed by atoms with Gasteiger partial charge in [0.1, 0.15) is 0 Å². The Kier molecular flexibility index (Phi) is 4.80. The summed E-state index contributed by atoms with van der Waals surface area (Å²) in [7, 11) is 0. The molecule has 0 spiro atoms. The molecule has 2 aliphatic heterocycles. The molecule has 6 nitrogen and oxygen atoms in total. The van der Waals surface area contributed by atoms with E-state index in [4.69, 9.17) is 9.47 Å². The predicted octanol–water partition coefficient (Wildman–Crippen LogP) is 1.56. The molecular formula is C17H20N2O4. The molecule has 1 fully saturated rings. The zero-order valence-corrected chi connectivity index (χ0v) is 12.9. The van der Waals surface area contributed by atoms with Gasteiger partial charge in [-0.25, -0.2) is 0 Å². The van der Waals surface area contributed by atoms with E-state index < -0.39 is 0 Å². The highest BCUT2D eigenvalue weighted by molar-refractivity contribution is 5.91. The number of ether oxygens (including phenoxy) is 2. The van der Waals surface area contributed by atoms with E-state index in [2.05, 4.69) is 5.32 Å². The zero-order chi connectivity index (χ0) is 16.1. The van der Waals surface area contributed by atoms with Gasteiger partial charge in [0.15, 0.2) is 11.5 Å². The average Bonchev–Trinajstić information content (AvgIpc) is 3.18. The Morgan fingerprint density at radius 3 is 3.00 bits per heavy atom. The standard InChI is InChI=1S/C17H20N2O4/c20-16(18-8-2-10-19-9-1-3-17(19)21)7-5-13-4-6-14-15(11-13)23-12-22-14/h4-7,11H,1-3,8-10,12H2,(H,18,20)/b7-5+. The number of hydrogen-bond acceptors (Lipinski definition) is 4. The number of fused-ring (bicyclic) bond motifs is 1. The number of benzene rings is 1. The Morgan fingerprint density at radius 1 is 1.30 bits per heavy atom. The lowest BCUT2D eigenvalue weighted by Crippen LogP contribution is -2.29. The van der Waals surface area contributed by atoms with E-state index in [9.17, 15) is 9.59 Å². The fourth-order valence-electron chi connectivity index (χ4n) is 2.67. The van der Waals surface area contributed by atoms with Gasteiger partial charge in [0.05, 0.1) is 0 Å².